The maximum atomic E-state index is 12.7. The minimum absolute atomic E-state index is 0.472. The Morgan fingerprint density at radius 2 is 2.11 bits per heavy atom. The van der Waals surface area contributed by atoms with Crippen LogP contribution in [-0.4, -0.2) is 50.7 Å². The van der Waals surface area contributed by atoms with Gasteiger partial charge >= 0.3 is 7.60 Å². The van der Waals surface area contributed by atoms with E-state index in [1.807, 2.05) is 0 Å². The van der Waals surface area contributed by atoms with Gasteiger partial charge in [-0.1, -0.05) is 35.4 Å². The van der Waals surface area contributed by atoms with E-state index in [2.05, 4.69) is 15.3 Å². The van der Waals surface area contributed by atoms with Gasteiger partial charge in [-0.05, 0) is 24.9 Å². The van der Waals surface area contributed by atoms with Crippen molar-refractivity contribution in [2.24, 2.45) is 5.11 Å². The number of fused-ring (bicyclic) bond motifs is 1. The number of β-lactam (4-membered cyclic amide) rings is 1. The first-order valence-electron chi connectivity index (χ1n) is 8.42. The number of benzene rings is 1. The van der Waals surface area contributed by atoms with Crippen LogP contribution in [-0.2, 0) is 18.7 Å². The van der Waals surface area contributed by atoms with E-state index in [1.54, 1.807) is 44.2 Å². The molecule has 0 spiro atoms. The minimum Gasteiger partial charge on any atom is -0.341 e. The van der Waals surface area contributed by atoms with Crippen LogP contribution in [0.15, 0.2) is 35.4 Å². The van der Waals surface area contributed by atoms with E-state index in [-0.39, 0.29) is 0 Å². The first-order valence-corrected chi connectivity index (χ1v) is 10.9. The highest BCUT2D eigenvalue weighted by Crippen LogP contribution is 2.64. The Balaban J connectivity index is 1.80. The van der Waals surface area contributed by atoms with Crippen LogP contribution >= 0.6 is 19.4 Å². The highest BCUT2D eigenvalue weighted by molar-refractivity contribution is 8.02. The quantitative estimate of drug-likeness (QED) is 0.235. The van der Waals surface area contributed by atoms with Crippen molar-refractivity contribution in [2.45, 2.75) is 41.8 Å². The first kappa shape index (κ1) is 20.7. The third-order valence-corrected chi connectivity index (χ3v) is 8.57. The average molecular weight is 425 g/mol. The van der Waals surface area contributed by atoms with Gasteiger partial charge in [0, 0.05) is 16.8 Å². The molecule has 1 aromatic rings. The van der Waals surface area contributed by atoms with Crippen molar-refractivity contribution >= 4 is 31.2 Å². The molecule has 2 aliphatic rings. The molecule has 0 bridgehead atoms. The molecule has 2 N–H and O–H groups in total. The standard InChI is InChI=1S/C16H20N5O5PS/c1-16(2)15(27(24,25)26-3)21-13(23)11(14(21)28-16)18-12(22)10(19-20-17)9-7-5-4-6-8-9/h4-8,10-11,14-15H,1-3H3,(H,18,22)(H,24,25)/t10-,11?,14-,15?/m1/s1. The SMILES string of the molecule is COP(=O)(O)C1N2C(=O)C(NC(=O)[C@H](N=[N+]=[N-])c3ccccc3)[C@H]2SC1(C)C. The Kier molecular flexibility index (Phi) is 5.49. The van der Waals surface area contributed by atoms with Gasteiger partial charge in [-0.3, -0.25) is 14.2 Å². The number of thioether (sulfide) groups is 1. The molecule has 1 aromatic carbocycles. The summed E-state index contributed by atoms with van der Waals surface area (Å²) in [7, 11) is -2.93. The summed E-state index contributed by atoms with van der Waals surface area (Å²) >= 11 is 1.32. The number of amides is 2. The molecule has 0 radical (unpaired) electrons. The zero-order chi connectivity index (χ0) is 20.7. The predicted molar refractivity (Wildman–Crippen MR) is 103 cm³/mol. The molecule has 3 unspecified atom stereocenters. The van der Waals surface area contributed by atoms with Crippen molar-refractivity contribution in [3.05, 3.63) is 46.3 Å². The monoisotopic (exact) mass is 425 g/mol. The van der Waals surface area contributed by atoms with Crippen LogP contribution in [0.5, 0.6) is 0 Å². The van der Waals surface area contributed by atoms with Gasteiger partial charge in [-0.25, -0.2) is 0 Å². The van der Waals surface area contributed by atoms with E-state index in [0.717, 1.165) is 7.11 Å². The number of carbonyl (C=O) groups excluding carboxylic acids is 2. The van der Waals surface area contributed by atoms with Crippen LogP contribution in [0.4, 0.5) is 0 Å². The fraction of sp³-hybridized carbons (Fsp3) is 0.500. The Morgan fingerprint density at radius 1 is 1.46 bits per heavy atom. The molecule has 0 saturated carbocycles. The Bertz CT molecular complexity index is 891. The lowest BCUT2D eigenvalue weighted by Gasteiger charge is -2.45. The maximum Gasteiger partial charge on any atom is 0.351 e. The number of nitrogens with one attached hydrogen (secondary N) is 1. The van der Waals surface area contributed by atoms with E-state index in [1.165, 1.54) is 16.7 Å². The van der Waals surface area contributed by atoms with Crippen LogP contribution in [0.1, 0.15) is 25.5 Å². The second-order valence-electron chi connectivity index (χ2n) is 6.98. The number of rotatable bonds is 6. The Hall–Kier alpha value is -2.03. The second-order valence-corrected chi connectivity index (χ2v) is 10.7. The summed E-state index contributed by atoms with van der Waals surface area (Å²) in [6.45, 7) is 3.50. The highest BCUT2D eigenvalue weighted by Gasteiger charge is 2.67. The van der Waals surface area contributed by atoms with Gasteiger partial charge in [0.05, 0.1) is 0 Å². The maximum absolute atomic E-state index is 12.7. The average Bonchev–Trinajstić information content (AvgIpc) is 2.93. The number of azide groups is 1. The van der Waals surface area contributed by atoms with Crippen LogP contribution in [0, 0.1) is 0 Å². The molecular weight excluding hydrogens is 405 g/mol. The van der Waals surface area contributed by atoms with Gasteiger partial charge in [0.1, 0.15) is 23.2 Å². The first-order chi connectivity index (χ1) is 13.1. The second kappa shape index (κ2) is 7.42. The summed E-state index contributed by atoms with van der Waals surface area (Å²) in [5.74, 6) is -2.09. The van der Waals surface area contributed by atoms with Crippen molar-refractivity contribution in [3.63, 3.8) is 0 Å². The molecule has 0 aliphatic carbocycles. The summed E-state index contributed by atoms with van der Waals surface area (Å²) in [5, 5.41) is 5.66. The largest absolute Gasteiger partial charge is 0.351 e. The number of hydrogen-bond donors (Lipinski definition) is 2. The molecule has 12 heteroatoms. The molecule has 5 atom stereocenters. The summed E-state index contributed by atoms with van der Waals surface area (Å²) < 4.78 is 16.4. The van der Waals surface area contributed by atoms with Crippen LogP contribution < -0.4 is 5.32 Å². The molecule has 28 heavy (non-hydrogen) atoms. The van der Waals surface area contributed by atoms with Gasteiger partial charge in [0.2, 0.25) is 11.8 Å². The van der Waals surface area contributed by atoms with Gasteiger partial charge in [0.15, 0.2) is 0 Å². The van der Waals surface area contributed by atoms with E-state index >= 15 is 0 Å². The third-order valence-electron chi connectivity index (χ3n) is 4.79. The van der Waals surface area contributed by atoms with Crippen LogP contribution in [0.3, 0.4) is 0 Å². The molecule has 3 rings (SSSR count). The third kappa shape index (κ3) is 3.40. The molecule has 2 aliphatic heterocycles. The normalized spacial score (nSPS) is 28.4. The molecular formula is C16H20N5O5PS. The van der Waals surface area contributed by atoms with Gasteiger partial charge in [-0.2, -0.15) is 0 Å². The van der Waals surface area contributed by atoms with Gasteiger partial charge in [0.25, 0.3) is 0 Å². The van der Waals surface area contributed by atoms with Crippen molar-refractivity contribution < 1.29 is 23.6 Å². The molecule has 2 fully saturated rings. The summed E-state index contributed by atoms with van der Waals surface area (Å²) in [6, 6.07) is 6.49. The topological polar surface area (TPSA) is 145 Å². The predicted octanol–water partition coefficient (Wildman–Crippen LogP) is 2.37. The fourth-order valence-corrected chi connectivity index (χ4v) is 7.30. The molecule has 2 saturated heterocycles. The fourth-order valence-electron chi connectivity index (χ4n) is 3.55. The van der Waals surface area contributed by atoms with E-state index in [4.69, 9.17) is 10.1 Å². The zero-order valence-electron chi connectivity index (χ0n) is 15.4. The lowest BCUT2D eigenvalue weighted by Crippen LogP contribution is -2.69. The molecule has 150 valence electrons. The molecule has 10 nitrogen and oxygen atoms in total. The molecule has 2 amide bonds. The van der Waals surface area contributed by atoms with Crippen molar-refractivity contribution in [2.75, 3.05) is 7.11 Å². The van der Waals surface area contributed by atoms with Crippen LogP contribution in [0.2, 0.25) is 0 Å². The van der Waals surface area contributed by atoms with Crippen molar-refractivity contribution in [1.29, 1.82) is 0 Å². The lowest BCUT2D eigenvalue weighted by atomic mass is 10.0. The Morgan fingerprint density at radius 3 is 2.68 bits per heavy atom. The van der Waals surface area contributed by atoms with Crippen molar-refractivity contribution in [1.82, 2.24) is 10.2 Å². The lowest BCUT2D eigenvalue weighted by molar-refractivity contribution is -0.149. The van der Waals surface area contributed by atoms with E-state index in [9.17, 15) is 19.0 Å². The number of hydrogen-bond acceptors (Lipinski definition) is 6. The van der Waals surface area contributed by atoms with E-state index in [0.29, 0.717) is 5.56 Å². The minimum atomic E-state index is -4.06. The van der Waals surface area contributed by atoms with Crippen molar-refractivity contribution in [3.8, 4) is 0 Å². The Labute approximate surface area is 165 Å². The van der Waals surface area contributed by atoms with Crippen LogP contribution in [0.25, 0.3) is 10.4 Å². The van der Waals surface area contributed by atoms with Gasteiger partial charge < -0.3 is 19.6 Å². The molecule has 0 aromatic heterocycles. The zero-order valence-corrected chi connectivity index (χ0v) is 17.1. The summed E-state index contributed by atoms with van der Waals surface area (Å²) in [6.07, 6.45) is 0. The number of carbonyl (C=O) groups is 2. The van der Waals surface area contributed by atoms with Gasteiger partial charge in [-0.15, -0.1) is 11.8 Å². The summed E-state index contributed by atoms with van der Waals surface area (Å²) in [4.78, 5) is 39.5. The van der Waals surface area contributed by atoms with E-state index < -0.39 is 47.4 Å². The number of nitrogens with zero attached hydrogens (tertiary/aromatic N) is 4. The smallest absolute Gasteiger partial charge is 0.341 e. The highest BCUT2D eigenvalue weighted by atomic mass is 32.2. The molecule has 2 heterocycles. The summed E-state index contributed by atoms with van der Waals surface area (Å²) in [5.41, 5.74) is 9.30.